The number of thioether (sulfide) groups is 1. The highest BCUT2D eigenvalue weighted by Crippen LogP contribution is 2.42. The number of nitrogens with zero attached hydrogens (tertiary/aromatic N) is 4. The van der Waals surface area contributed by atoms with Crippen molar-refractivity contribution in [1.82, 2.24) is 19.7 Å². The summed E-state index contributed by atoms with van der Waals surface area (Å²) in [4.78, 5) is 13.1. The highest BCUT2D eigenvalue weighted by molar-refractivity contribution is 7.99. The van der Waals surface area contributed by atoms with Crippen molar-refractivity contribution in [3.05, 3.63) is 5.82 Å². The molecule has 2 aliphatic rings. The second kappa shape index (κ2) is 5.73. The molecule has 110 valence electrons. The molecule has 0 amide bonds. The molecule has 6 nitrogen and oxygen atoms in total. The molecule has 0 radical (unpaired) electrons. The van der Waals surface area contributed by atoms with Crippen molar-refractivity contribution in [2.75, 3.05) is 25.9 Å². The molecule has 0 atom stereocenters. The van der Waals surface area contributed by atoms with E-state index in [2.05, 4.69) is 26.7 Å². The average Bonchev–Trinajstić information content (AvgIpc) is 3.18. The summed E-state index contributed by atoms with van der Waals surface area (Å²) in [7, 11) is 2.14. The number of piperidine rings is 1. The van der Waals surface area contributed by atoms with E-state index >= 15 is 0 Å². The second-order valence-corrected chi connectivity index (χ2v) is 6.64. The quantitative estimate of drug-likeness (QED) is 0.832. The molecule has 0 bridgehead atoms. The van der Waals surface area contributed by atoms with Gasteiger partial charge in [-0.2, -0.15) is 0 Å². The van der Waals surface area contributed by atoms with E-state index in [-0.39, 0.29) is 5.75 Å². The SMILES string of the molecule is CN1CCC(n2c(SCC(=O)O)nnc2C2CC2)CC1. The van der Waals surface area contributed by atoms with Gasteiger partial charge in [-0.25, -0.2) is 0 Å². The van der Waals surface area contributed by atoms with Crippen LogP contribution in [0.1, 0.15) is 43.5 Å². The molecule has 20 heavy (non-hydrogen) atoms. The molecule has 0 unspecified atom stereocenters. The molecule has 2 fully saturated rings. The van der Waals surface area contributed by atoms with Gasteiger partial charge in [-0.3, -0.25) is 4.79 Å². The number of carbonyl (C=O) groups is 1. The van der Waals surface area contributed by atoms with E-state index in [4.69, 9.17) is 5.11 Å². The van der Waals surface area contributed by atoms with Crippen LogP contribution in [-0.2, 0) is 4.79 Å². The second-order valence-electron chi connectivity index (χ2n) is 5.70. The lowest BCUT2D eigenvalue weighted by atomic mass is 10.1. The van der Waals surface area contributed by atoms with E-state index in [1.807, 2.05) is 0 Å². The summed E-state index contributed by atoms with van der Waals surface area (Å²) < 4.78 is 2.23. The molecule has 1 N–H and O–H groups in total. The summed E-state index contributed by atoms with van der Waals surface area (Å²) in [6.07, 6.45) is 4.56. The van der Waals surface area contributed by atoms with Gasteiger partial charge in [-0.05, 0) is 45.8 Å². The maximum atomic E-state index is 10.8. The van der Waals surface area contributed by atoms with Crippen molar-refractivity contribution in [2.45, 2.75) is 42.8 Å². The van der Waals surface area contributed by atoms with Gasteiger partial charge in [-0.15, -0.1) is 10.2 Å². The molecule has 0 spiro atoms. The lowest BCUT2D eigenvalue weighted by Crippen LogP contribution is -2.32. The van der Waals surface area contributed by atoms with Crippen molar-refractivity contribution in [3.63, 3.8) is 0 Å². The summed E-state index contributed by atoms with van der Waals surface area (Å²) >= 11 is 1.29. The van der Waals surface area contributed by atoms with Crippen LogP contribution in [0, 0.1) is 0 Å². The van der Waals surface area contributed by atoms with E-state index in [1.54, 1.807) is 0 Å². The summed E-state index contributed by atoms with van der Waals surface area (Å²) in [5.74, 6) is 0.866. The molecular weight excluding hydrogens is 276 g/mol. The van der Waals surface area contributed by atoms with Crippen LogP contribution in [0.5, 0.6) is 0 Å². The fraction of sp³-hybridized carbons (Fsp3) is 0.769. The smallest absolute Gasteiger partial charge is 0.313 e. The number of hydrogen-bond acceptors (Lipinski definition) is 5. The summed E-state index contributed by atoms with van der Waals surface area (Å²) in [6, 6.07) is 0.424. The third kappa shape index (κ3) is 2.98. The van der Waals surface area contributed by atoms with Crippen molar-refractivity contribution < 1.29 is 9.90 Å². The number of aliphatic carboxylic acids is 1. The van der Waals surface area contributed by atoms with Crippen molar-refractivity contribution in [1.29, 1.82) is 0 Å². The number of aromatic nitrogens is 3. The Morgan fingerprint density at radius 3 is 2.60 bits per heavy atom. The molecule has 2 heterocycles. The monoisotopic (exact) mass is 296 g/mol. The number of rotatable bonds is 5. The van der Waals surface area contributed by atoms with E-state index in [0.717, 1.165) is 36.9 Å². The molecule has 7 heteroatoms. The van der Waals surface area contributed by atoms with Gasteiger partial charge < -0.3 is 14.6 Å². The lowest BCUT2D eigenvalue weighted by Gasteiger charge is -2.31. The molecule has 0 aromatic carbocycles. The Bertz CT molecular complexity index is 493. The minimum Gasteiger partial charge on any atom is -0.481 e. The van der Waals surface area contributed by atoms with Gasteiger partial charge in [0.2, 0.25) is 0 Å². The van der Waals surface area contributed by atoms with Crippen LogP contribution >= 0.6 is 11.8 Å². The predicted molar refractivity (Wildman–Crippen MR) is 76.1 cm³/mol. The van der Waals surface area contributed by atoms with Gasteiger partial charge >= 0.3 is 5.97 Å². The predicted octanol–water partition coefficient (Wildman–Crippen LogP) is 1.60. The van der Waals surface area contributed by atoms with Crippen LogP contribution in [0.25, 0.3) is 0 Å². The summed E-state index contributed by atoms with van der Waals surface area (Å²) in [5.41, 5.74) is 0. The topological polar surface area (TPSA) is 71.2 Å². The highest BCUT2D eigenvalue weighted by atomic mass is 32.2. The van der Waals surface area contributed by atoms with Gasteiger partial charge in [-0.1, -0.05) is 11.8 Å². The first-order chi connectivity index (χ1) is 9.65. The van der Waals surface area contributed by atoms with Crippen LogP contribution in [0.4, 0.5) is 0 Å². The first-order valence-corrected chi connectivity index (χ1v) is 8.11. The Kier molecular flexibility index (Phi) is 3.98. The third-order valence-corrected chi connectivity index (χ3v) is 4.94. The van der Waals surface area contributed by atoms with E-state index < -0.39 is 5.97 Å². The molecule has 1 aromatic heterocycles. The van der Waals surface area contributed by atoms with E-state index in [9.17, 15) is 4.79 Å². The maximum Gasteiger partial charge on any atom is 0.313 e. The largest absolute Gasteiger partial charge is 0.481 e. The van der Waals surface area contributed by atoms with E-state index in [1.165, 1.54) is 24.6 Å². The molecular formula is C13H20N4O2S. The highest BCUT2D eigenvalue weighted by Gasteiger charge is 2.33. The standard InChI is InChI=1S/C13H20N4O2S/c1-16-6-4-10(5-7-16)17-12(9-2-3-9)14-15-13(17)20-8-11(18)19/h9-10H,2-8H2,1H3,(H,18,19). The maximum absolute atomic E-state index is 10.8. The summed E-state index contributed by atoms with van der Waals surface area (Å²) in [5, 5.41) is 18.2. The minimum atomic E-state index is -0.805. The van der Waals surface area contributed by atoms with E-state index in [0.29, 0.717) is 12.0 Å². The Hall–Kier alpha value is -1.08. The molecule has 1 saturated heterocycles. The van der Waals surface area contributed by atoms with Gasteiger partial charge in [0.25, 0.3) is 0 Å². The molecule has 1 aliphatic heterocycles. The molecule has 1 aliphatic carbocycles. The van der Waals surface area contributed by atoms with Gasteiger partial charge in [0.1, 0.15) is 5.82 Å². The summed E-state index contributed by atoms with van der Waals surface area (Å²) in [6.45, 7) is 2.16. The first-order valence-electron chi connectivity index (χ1n) is 7.13. The van der Waals surface area contributed by atoms with Crippen LogP contribution in [0.15, 0.2) is 5.16 Å². The zero-order chi connectivity index (χ0) is 14.1. The normalized spacial score (nSPS) is 21.2. The molecule has 1 aromatic rings. The average molecular weight is 296 g/mol. The Balaban J connectivity index is 1.81. The minimum absolute atomic E-state index is 0.0510. The number of hydrogen-bond donors (Lipinski definition) is 1. The van der Waals surface area contributed by atoms with Crippen molar-refractivity contribution in [3.8, 4) is 0 Å². The fourth-order valence-corrected chi connectivity index (χ4v) is 3.46. The van der Waals surface area contributed by atoms with Crippen molar-refractivity contribution >= 4 is 17.7 Å². The number of carboxylic acids is 1. The van der Waals surface area contributed by atoms with Gasteiger partial charge in [0.05, 0.1) is 5.75 Å². The fourth-order valence-electron chi connectivity index (χ4n) is 2.73. The molecule has 3 rings (SSSR count). The van der Waals surface area contributed by atoms with Gasteiger partial charge in [0, 0.05) is 12.0 Å². The third-order valence-electron chi connectivity index (χ3n) is 4.01. The molecule has 1 saturated carbocycles. The Morgan fingerprint density at radius 1 is 1.30 bits per heavy atom. The first kappa shape index (κ1) is 13.9. The van der Waals surface area contributed by atoms with Crippen LogP contribution < -0.4 is 0 Å². The zero-order valence-corrected chi connectivity index (χ0v) is 12.5. The zero-order valence-electron chi connectivity index (χ0n) is 11.7. The van der Waals surface area contributed by atoms with Crippen LogP contribution in [0.2, 0.25) is 0 Å². The van der Waals surface area contributed by atoms with Crippen molar-refractivity contribution in [2.24, 2.45) is 0 Å². The lowest BCUT2D eigenvalue weighted by molar-refractivity contribution is -0.133. The number of likely N-dealkylation sites (tertiary alicyclic amines) is 1. The van der Waals surface area contributed by atoms with Crippen LogP contribution in [-0.4, -0.2) is 56.6 Å². The Morgan fingerprint density at radius 2 is 2.00 bits per heavy atom. The van der Waals surface area contributed by atoms with Gasteiger partial charge in [0.15, 0.2) is 5.16 Å². The van der Waals surface area contributed by atoms with Crippen LogP contribution in [0.3, 0.4) is 0 Å². The Labute approximate surface area is 122 Å². The number of carboxylic acid groups (broad SMARTS) is 1.